The van der Waals surface area contributed by atoms with E-state index >= 15 is 0 Å². The number of piperidine rings is 1. The molecule has 0 amide bonds. The van der Waals surface area contributed by atoms with E-state index in [9.17, 15) is 20.0 Å². The molecule has 1 saturated heterocycles. The first-order chi connectivity index (χ1) is 17.8. The molecule has 0 saturated carbocycles. The molecule has 3 N–H and O–H groups in total. The molecular formula is C28H33N3O6. The average Bonchev–Trinajstić information content (AvgIpc) is 2.88. The van der Waals surface area contributed by atoms with Gasteiger partial charge >= 0.3 is 11.9 Å². The van der Waals surface area contributed by atoms with E-state index in [1.165, 1.54) is 24.8 Å². The lowest BCUT2D eigenvalue weighted by Gasteiger charge is -2.34. The first kappa shape index (κ1) is 26.6. The van der Waals surface area contributed by atoms with E-state index in [1.54, 1.807) is 26.0 Å². The number of nitrogens with one attached hydrogen (secondary N) is 2. The molecule has 0 aromatic heterocycles. The summed E-state index contributed by atoms with van der Waals surface area (Å²) in [5.41, 5.74) is 3.38. The molecular weight excluding hydrogens is 474 g/mol. The SMILES string of the molecule is COC(=O)C1=C(C)NC(C)=C(C(=O)O[C@@H]2CCCN(Cc3ccccc3)C2)[C@@H]1c1cccc([NH+]([O-])O)c1. The predicted octanol–water partition coefficient (Wildman–Crippen LogP) is 2.71. The number of allylic oxidation sites excluding steroid dienone is 2. The van der Waals surface area contributed by atoms with E-state index in [0.717, 1.165) is 25.9 Å². The Hall–Kier alpha value is -3.50. The first-order valence-electron chi connectivity index (χ1n) is 12.4. The molecule has 4 rings (SSSR count). The van der Waals surface area contributed by atoms with Crippen LogP contribution >= 0.6 is 0 Å². The Bertz CT molecular complexity index is 1210. The number of carbonyl (C=O) groups is 2. The maximum Gasteiger partial charge on any atom is 0.337 e. The van der Waals surface area contributed by atoms with Gasteiger partial charge in [-0.15, -0.1) is 0 Å². The van der Waals surface area contributed by atoms with E-state index in [1.807, 2.05) is 18.2 Å². The van der Waals surface area contributed by atoms with Crippen LogP contribution in [0.3, 0.4) is 0 Å². The number of carbonyl (C=O) groups excluding carboxylic acids is 2. The first-order valence-corrected chi connectivity index (χ1v) is 12.4. The van der Waals surface area contributed by atoms with Crippen molar-refractivity contribution in [1.29, 1.82) is 0 Å². The lowest BCUT2D eigenvalue weighted by Crippen LogP contribution is -2.99. The summed E-state index contributed by atoms with van der Waals surface area (Å²) >= 11 is 0. The minimum Gasteiger partial charge on any atom is -0.595 e. The molecule has 0 spiro atoms. The maximum atomic E-state index is 13.7. The van der Waals surface area contributed by atoms with Crippen molar-refractivity contribution in [2.75, 3.05) is 20.2 Å². The fourth-order valence-electron chi connectivity index (χ4n) is 5.14. The van der Waals surface area contributed by atoms with Crippen molar-refractivity contribution < 1.29 is 29.5 Å². The highest BCUT2D eigenvalue weighted by molar-refractivity contribution is 6.00. The van der Waals surface area contributed by atoms with Crippen LogP contribution in [0.15, 0.2) is 77.1 Å². The number of dihydropyridines is 1. The Morgan fingerprint density at radius 2 is 1.78 bits per heavy atom. The van der Waals surface area contributed by atoms with Crippen LogP contribution in [-0.4, -0.2) is 48.3 Å². The van der Waals surface area contributed by atoms with Gasteiger partial charge in [0, 0.05) is 36.6 Å². The molecule has 196 valence electrons. The van der Waals surface area contributed by atoms with Gasteiger partial charge in [0.05, 0.1) is 24.2 Å². The molecule has 1 fully saturated rings. The average molecular weight is 508 g/mol. The largest absolute Gasteiger partial charge is 0.595 e. The van der Waals surface area contributed by atoms with Crippen LogP contribution in [0.2, 0.25) is 0 Å². The fourth-order valence-corrected chi connectivity index (χ4v) is 5.14. The lowest BCUT2D eigenvalue weighted by atomic mass is 9.80. The molecule has 2 aromatic carbocycles. The Balaban J connectivity index is 1.61. The molecule has 9 heteroatoms. The number of likely N-dealkylation sites (tertiary alicyclic amines) is 1. The summed E-state index contributed by atoms with van der Waals surface area (Å²) < 4.78 is 11.1. The quantitative estimate of drug-likeness (QED) is 0.387. The molecule has 9 nitrogen and oxygen atoms in total. The van der Waals surface area contributed by atoms with Crippen LogP contribution in [0.5, 0.6) is 0 Å². The summed E-state index contributed by atoms with van der Waals surface area (Å²) in [7, 11) is 1.28. The van der Waals surface area contributed by atoms with Gasteiger partial charge < -0.3 is 20.0 Å². The molecule has 3 atom stereocenters. The minimum atomic E-state index is -1.10. The highest BCUT2D eigenvalue weighted by atomic mass is 16.8. The molecule has 2 aliphatic heterocycles. The van der Waals surface area contributed by atoms with Gasteiger partial charge in [0.1, 0.15) is 6.10 Å². The monoisotopic (exact) mass is 507 g/mol. The summed E-state index contributed by atoms with van der Waals surface area (Å²) in [5, 5.41) is 23.2. The summed E-state index contributed by atoms with van der Waals surface area (Å²) in [6, 6.07) is 16.4. The van der Waals surface area contributed by atoms with Crippen molar-refractivity contribution in [2.45, 2.75) is 45.3 Å². The number of ether oxygens (including phenoxy) is 2. The Labute approximate surface area is 216 Å². The Kier molecular flexibility index (Phi) is 8.40. The zero-order valence-electron chi connectivity index (χ0n) is 21.3. The van der Waals surface area contributed by atoms with Gasteiger partial charge in [0.25, 0.3) is 0 Å². The molecule has 1 unspecified atom stereocenters. The van der Waals surface area contributed by atoms with Gasteiger partial charge in [-0.1, -0.05) is 42.5 Å². The van der Waals surface area contributed by atoms with E-state index in [0.29, 0.717) is 23.5 Å². The lowest BCUT2D eigenvalue weighted by molar-refractivity contribution is -0.991. The van der Waals surface area contributed by atoms with Crippen LogP contribution in [-0.2, 0) is 25.6 Å². The second-order valence-corrected chi connectivity index (χ2v) is 9.45. The smallest absolute Gasteiger partial charge is 0.337 e. The van der Waals surface area contributed by atoms with E-state index in [-0.39, 0.29) is 22.9 Å². The van der Waals surface area contributed by atoms with Crippen LogP contribution in [0.4, 0.5) is 5.69 Å². The van der Waals surface area contributed by atoms with Crippen molar-refractivity contribution in [2.24, 2.45) is 0 Å². The van der Waals surface area contributed by atoms with Crippen molar-refractivity contribution in [3.05, 3.63) is 93.5 Å². The van der Waals surface area contributed by atoms with Gasteiger partial charge in [-0.2, -0.15) is 5.23 Å². The second-order valence-electron chi connectivity index (χ2n) is 9.45. The number of esters is 2. The Morgan fingerprint density at radius 1 is 1.08 bits per heavy atom. The summed E-state index contributed by atoms with van der Waals surface area (Å²) in [6.45, 7) is 5.79. The highest BCUT2D eigenvalue weighted by Gasteiger charge is 2.39. The zero-order chi connectivity index (χ0) is 26.5. The molecule has 0 bridgehead atoms. The molecule has 0 aliphatic carbocycles. The number of rotatable bonds is 7. The third-order valence-electron chi connectivity index (χ3n) is 6.84. The molecule has 0 radical (unpaired) electrons. The number of nitrogens with zero attached hydrogens (tertiary/aromatic N) is 1. The van der Waals surface area contributed by atoms with E-state index in [2.05, 4.69) is 22.3 Å². The van der Waals surface area contributed by atoms with Gasteiger partial charge in [0.15, 0.2) is 5.69 Å². The molecule has 2 heterocycles. The molecule has 2 aromatic rings. The normalized spacial score (nSPS) is 21.3. The van der Waals surface area contributed by atoms with Crippen molar-refractivity contribution in [1.82, 2.24) is 10.2 Å². The number of benzene rings is 2. The predicted molar refractivity (Wildman–Crippen MR) is 136 cm³/mol. The van der Waals surface area contributed by atoms with Crippen LogP contribution in [0, 0.1) is 5.21 Å². The van der Waals surface area contributed by atoms with Gasteiger partial charge in [0.2, 0.25) is 0 Å². The second kappa shape index (κ2) is 11.7. The van der Waals surface area contributed by atoms with Gasteiger partial charge in [-0.25, -0.2) is 14.8 Å². The minimum absolute atomic E-state index is 0.0621. The zero-order valence-corrected chi connectivity index (χ0v) is 21.3. The Morgan fingerprint density at radius 3 is 2.46 bits per heavy atom. The number of hydrogen-bond donors (Lipinski definition) is 3. The highest BCUT2D eigenvalue weighted by Crippen LogP contribution is 2.40. The summed E-state index contributed by atoms with van der Waals surface area (Å²) in [5.74, 6) is -1.96. The van der Waals surface area contributed by atoms with E-state index < -0.39 is 23.1 Å². The van der Waals surface area contributed by atoms with Crippen molar-refractivity contribution in [3.63, 3.8) is 0 Å². The van der Waals surface area contributed by atoms with E-state index in [4.69, 9.17) is 9.47 Å². The van der Waals surface area contributed by atoms with Crippen LogP contribution in [0.1, 0.15) is 43.7 Å². The van der Waals surface area contributed by atoms with Gasteiger partial charge in [-0.3, -0.25) is 4.90 Å². The summed E-state index contributed by atoms with van der Waals surface area (Å²) in [4.78, 5) is 28.8. The standard InChI is InChI=1S/C28H33N3O6/c1-18-24(27(32)36-3)26(21-11-7-12-22(15-21)31(34)35)25(19(2)29-18)28(33)37-23-13-8-14-30(17-23)16-20-9-5-4-6-10-20/h4-7,9-12,15,23,26,29,31,34H,8,13-14,16-17H2,1-3H3/t23-,26-/m1/s1. The maximum absolute atomic E-state index is 13.7. The topological polar surface area (TPSA) is 116 Å². The number of methoxy groups -OCH3 is 1. The van der Waals surface area contributed by atoms with Crippen LogP contribution < -0.4 is 10.5 Å². The van der Waals surface area contributed by atoms with Gasteiger partial charge in [-0.05, 0) is 44.4 Å². The van der Waals surface area contributed by atoms with Crippen LogP contribution in [0.25, 0.3) is 0 Å². The summed E-state index contributed by atoms with van der Waals surface area (Å²) in [6.07, 6.45) is 1.34. The molecule has 37 heavy (non-hydrogen) atoms. The third kappa shape index (κ3) is 6.08. The molecule has 2 aliphatic rings. The number of quaternary nitrogens is 1. The van der Waals surface area contributed by atoms with Crippen molar-refractivity contribution >= 4 is 17.6 Å². The number of hydrogen-bond acceptors (Lipinski definition) is 8. The fraction of sp³-hybridized carbons (Fsp3) is 0.357. The van der Waals surface area contributed by atoms with Crippen molar-refractivity contribution in [3.8, 4) is 0 Å². The third-order valence-corrected chi connectivity index (χ3v) is 6.84.